The third kappa shape index (κ3) is 5.75. The lowest BCUT2D eigenvalue weighted by atomic mass is 10.1. The van der Waals surface area contributed by atoms with Crippen LogP contribution < -0.4 is 0 Å². The number of hydrogen-bond acceptors (Lipinski definition) is 4. The van der Waals surface area contributed by atoms with Gasteiger partial charge in [-0.1, -0.05) is 50.5 Å². The molecule has 1 aromatic heterocycles. The Morgan fingerprint density at radius 1 is 1.07 bits per heavy atom. The molecule has 0 radical (unpaired) electrons. The van der Waals surface area contributed by atoms with Gasteiger partial charge in [-0.3, -0.25) is 9.69 Å². The minimum atomic E-state index is 0.0468. The summed E-state index contributed by atoms with van der Waals surface area (Å²) in [7, 11) is 0. The summed E-state index contributed by atoms with van der Waals surface area (Å²) in [4.78, 5) is 22.1. The lowest BCUT2D eigenvalue weighted by molar-refractivity contribution is 0.0323. The number of morpholine rings is 1. The van der Waals surface area contributed by atoms with Gasteiger partial charge in [0.25, 0.3) is 5.91 Å². The Labute approximate surface area is 162 Å². The fourth-order valence-corrected chi connectivity index (χ4v) is 3.48. The minimum Gasteiger partial charge on any atom is -0.379 e. The van der Waals surface area contributed by atoms with Gasteiger partial charge >= 0.3 is 0 Å². The molecule has 0 aliphatic carbocycles. The molecule has 0 spiro atoms. The second-order valence-electron chi connectivity index (χ2n) is 7.20. The number of aromatic nitrogens is 1. The Bertz CT molecular complexity index is 728. The van der Waals surface area contributed by atoms with Crippen molar-refractivity contribution in [3.63, 3.8) is 0 Å². The quantitative estimate of drug-likeness (QED) is 0.634. The molecule has 1 aliphatic rings. The average molecular weight is 370 g/mol. The summed E-state index contributed by atoms with van der Waals surface area (Å²) in [5.74, 6) is 0.0468. The van der Waals surface area contributed by atoms with E-state index in [0.717, 1.165) is 63.3 Å². The van der Waals surface area contributed by atoms with Crippen molar-refractivity contribution in [3.8, 4) is 0 Å². The predicted molar refractivity (Wildman–Crippen MR) is 109 cm³/mol. The Kier molecular flexibility index (Phi) is 7.60. The highest BCUT2D eigenvalue weighted by Crippen LogP contribution is 2.14. The van der Waals surface area contributed by atoms with E-state index < -0.39 is 0 Å². The van der Waals surface area contributed by atoms with Gasteiger partial charge in [-0.25, -0.2) is 4.98 Å². The lowest BCUT2D eigenvalue weighted by Gasteiger charge is -2.30. The molecular weight excluding hydrogens is 338 g/mol. The third-order valence-electron chi connectivity index (χ3n) is 5.18. The van der Waals surface area contributed by atoms with Crippen LogP contribution in [-0.2, 0) is 4.74 Å². The predicted octanol–water partition coefficient (Wildman–Crippen LogP) is 3.59. The van der Waals surface area contributed by atoms with Crippen LogP contribution in [0, 0.1) is 0 Å². The summed E-state index contributed by atoms with van der Waals surface area (Å²) >= 11 is 0. The summed E-state index contributed by atoms with van der Waals surface area (Å²) in [6, 6.07) is 11.8. The fourth-order valence-electron chi connectivity index (χ4n) is 3.48. The first-order chi connectivity index (χ1) is 13.3. The molecule has 1 aromatic carbocycles. The normalized spacial score (nSPS) is 15.1. The molecule has 3 rings (SSSR count). The second-order valence-corrected chi connectivity index (χ2v) is 7.20. The number of rotatable bonds is 9. The standard InChI is InChI=1S/C22H31N3O2/c1-2-3-4-7-12-25(14-13-24-15-17-27-18-16-24)22(26)21-11-10-19-8-5-6-9-20(19)23-21/h5-6,8-11H,2-4,7,12-18H2,1H3. The Morgan fingerprint density at radius 3 is 2.70 bits per heavy atom. The number of para-hydroxylation sites is 1. The number of nitrogens with zero attached hydrogens (tertiary/aromatic N) is 3. The van der Waals surface area contributed by atoms with Crippen LogP contribution in [0.1, 0.15) is 43.1 Å². The smallest absolute Gasteiger partial charge is 0.272 e. The molecule has 5 heteroatoms. The van der Waals surface area contributed by atoms with Crippen molar-refractivity contribution in [3.05, 3.63) is 42.1 Å². The molecule has 146 valence electrons. The Hall–Kier alpha value is -1.98. The highest BCUT2D eigenvalue weighted by molar-refractivity contribution is 5.94. The number of hydrogen-bond donors (Lipinski definition) is 0. The van der Waals surface area contributed by atoms with E-state index in [-0.39, 0.29) is 5.91 Å². The van der Waals surface area contributed by atoms with Crippen molar-refractivity contribution in [1.82, 2.24) is 14.8 Å². The number of carbonyl (C=O) groups is 1. The molecule has 2 heterocycles. The maximum atomic E-state index is 13.1. The number of amides is 1. The van der Waals surface area contributed by atoms with E-state index in [9.17, 15) is 4.79 Å². The zero-order valence-electron chi connectivity index (χ0n) is 16.4. The first kappa shape index (κ1) is 19.8. The summed E-state index contributed by atoms with van der Waals surface area (Å²) in [6.07, 6.45) is 4.65. The van der Waals surface area contributed by atoms with E-state index >= 15 is 0 Å². The van der Waals surface area contributed by atoms with Gasteiger partial charge in [-0.15, -0.1) is 0 Å². The SMILES string of the molecule is CCCCCCN(CCN1CCOCC1)C(=O)c1ccc2ccccc2n1. The van der Waals surface area contributed by atoms with Crippen LogP contribution >= 0.6 is 0 Å². The number of pyridine rings is 1. The summed E-state index contributed by atoms with van der Waals surface area (Å²) in [6.45, 7) is 8.14. The van der Waals surface area contributed by atoms with Crippen LogP contribution in [-0.4, -0.2) is 66.6 Å². The van der Waals surface area contributed by atoms with Crippen molar-refractivity contribution < 1.29 is 9.53 Å². The van der Waals surface area contributed by atoms with Gasteiger partial charge in [0.2, 0.25) is 0 Å². The molecule has 1 aliphatic heterocycles. The molecule has 27 heavy (non-hydrogen) atoms. The summed E-state index contributed by atoms with van der Waals surface area (Å²) in [5.41, 5.74) is 1.42. The Balaban J connectivity index is 1.67. The fraction of sp³-hybridized carbons (Fsp3) is 0.545. The molecule has 5 nitrogen and oxygen atoms in total. The number of carbonyl (C=O) groups excluding carboxylic acids is 1. The van der Waals surface area contributed by atoms with Crippen LogP contribution in [0.15, 0.2) is 36.4 Å². The highest BCUT2D eigenvalue weighted by Gasteiger charge is 2.19. The molecule has 0 N–H and O–H groups in total. The monoisotopic (exact) mass is 369 g/mol. The van der Waals surface area contributed by atoms with Crippen LogP contribution in [0.5, 0.6) is 0 Å². The maximum Gasteiger partial charge on any atom is 0.272 e. The third-order valence-corrected chi connectivity index (χ3v) is 5.18. The first-order valence-corrected chi connectivity index (χ1v) is 10.2. The van der Waals surface area contributed by atoms with E-state index in [1.54, 1.807) is 0 Å². The second kappa shape index (κ2) is 10.4. The number of benzene rings is 1. The number of ether oxygens (including phenoxy) is 1. The van der Waals surface area contributed by atoms with Gasteiger partial charge in [0.15, 0.2) is 0 Å². The van der Waals surface area contributed by atoms with Crippen molar-refractivity contribution in [2.45, 2.75) is 32.6 Å². The van der Waals surface area contributed by atoms with Crippen molar-refractivity contribution >= 4 is 16.8 Å². The van der Waals surface area contributed by atoms with Gasteiger partial charge in [-0.2, -0.15) is 0 Å². The van der Waals surface area contributed by atoms with Gasteiger partial charge in [0.1, 0.15) is 5.69 Å². The number of fused-ring (bicyclic) bond motifs is 1. The van der Waals surface area contributed by atoms with Crippen LogP contribution in [0.2, 0.25) is 0 Å². The molecule has 0 atom stereocenters. The molecule has 1 saturated heterocycles. The van der Waals surface area contributed by atoms with E-state index in [4.69, 9.17) is 4.74 Å². The molecule has 2 aromatic rings. The highest BCUT2D eigenvalue weighted by atomic mass is 16.5. The van der Waals surface area contributed by atoms with Gasteiger partial charge in [0, 0.05) is 38.1 Å². The van der Waals surface area contributed by atoms with E-state index in [1.165, 1.54) is 19.3 Å². The van der Waals surface area contributed by atoms with Gasteiger partial charge in [0.05, 0.1) is 18.7 Å². The summed E-state index contributed by atoms with van der Waals surface area (Å²) in [5, 5.41) is 1.07. The van der Waals surface area contributed by atoms with Crippen LogP contribution in [0.4, 0.5) is 0 Å². The molecular formula is C22H31N3O2. The lowest BCUT2D eigenvalue weighted by Crippen LogP contribution is -2.43. The van der Waals surface area contributed by atoms with Crippen LogP contribution in [0.25, 0.3) is 10.9 Å². The van der Waals surface area contributed by atoms with Crippen molar-refractivity contribution in [2.75, 3.05) is 45.9 Å². The van der Waals surface area contributed by atoms with E-state index in [1.807, 2.05) is 41.3 Å². The topological polar surface area (TPSA) is 45.7 Å². The molecule has 0 unspecified atom stereocenters. The molecule has 0 saturated carbocycles. The number of unbranched alkanes of at least 4 members (excludes halogenated alkanes) is 3. The molecule has 0 bridgehead atoms. The van der Waals surface area contributed by atoms with Gasteiger partial charge in [-0.05, 0) is 18.6 Å². The van der Waals surface area contributed by atoms with Crippen molar-refractivity contribution in [2.24, 2.45) is 0 Å². The van der Waals surface area contributed by atoms with Gasteiger partial charge < -0.3 is 9.64 Å². The Morgan fingerprint density at radius 2 is 1.89 bits per heavy atom. The minimum absolute atomic E-state index is 0.0468. The first-order valence-electron chi connectivity index (χ1n) is 10.2. The zero-order valence-corrected chi connectivity index (χ0v) is 16.4. The van der Waals surface area contributed by atoms with Crippen LogP contribution in [0.3, 0.4) is 0 Å². The zero-order chi connectivity index (χ0) is 18.9. The van der Waals surface area contributed by atoms with E-state index in [0.29, 0.717) is 5.69 Å². The average Bonchev–Trinajstić information content (AvgIpc) is 2.73. The van der Waals surface area contributed by atoms with E-state index in [2.05, 4.69) is 16.8 Å². The summed E-state index contributed by atoms with van der Waals surface area (Å²) < 4.78 is 5.42. The maximum absolute atomic E-state index is 13.1. The molecule has 1 fully saturated rings. The van der Waals surface area contributed by atoms with Crippen molar-refractivity contribution in [1.29, 1.82) is 0 Å². The molecule has 1 amide bonds. The largest absolute Gasteiger partial charge is 0.379 e.